The maximum Gasteiger partial charge on any atom is 0.573 e. The number of ether oxygens (including phenoxy) is 1. The summed E-state index contributed by atoms with van der Waals surface area (Å²) in [5.41, 5.74) is 2.48. The Bertz CT molecular complexity index is 837. The number of aryl methyl sites for hydroxylation is 1. The van der Waals surface area contributed by atoms with Gasteiger partial charge in [-0.2, -0.15) is 0 Å². The van der Waals surface area contributed by atoms with E-state index < -0.39 is 6.36 Å². The molecule has 0 saturated heterocycles. The quantitative estimate of drug-likeness (QED) is 0.522. The lowest BCUT2D eigenvalue weighted by Crippen LogP contribution is -2.29. The number of carbonyl (C=O) groups excluding carboxylic acids is 1. The molecule has 0 saturated carbocycles. The van der Waals surface area contributed by atoms with Gasteiger partial charge in [-0.25, -0.2) is 0 Å². The standard InChI is InChI=1S/C22H28F3N3O2/c1-4-28(5-2)13-7-12-26-21(29)17-10-11-20(16(3)14-17)27-18-8-6-9-19(15-18)30-22(23,24)25/h6,8-11,14-15,27H,4-5,7,12-13H2,1-3H3,(H,26,29). The van der Waals surface area contributed by atoms with Crippen molar-refractivity contribution in [3.63, 3.8) is 0 Å². The predicted octanol–water partition coefficient (Wildman–Crippen LogP) is 5.10. The normalized spacial score (nSPS) is 11.4. The Morgan fingerprint density at radius 3 is 2.47 bits per heavy atom. The van der Waals surface area contributed by atoms with Crippen molar-refractivity contribution in [3.05, 3.63) is 53.6 Å². The third kappa shape index (κ3) is 7.59. The van der Waals surface area contributed by atoms with E-state index in [9.17, 15) is 18.0 Å². The third-order valence-corrected chi connectivity index (χ3v) is 4.67. The van der Waals surface area contributed by atoms with E-state index in [1.54, 1.807) is 24.3 Å². The maximum absolute atomic E-state index is 12.4. The van der Waals surface area contributed by atoms with Crippen LogP contribution in [0.2, 0.25) is 0 Å². The second kappa shape index (κ2) is 10.9. The van der Waals surface area contributed by atoms with Crippen molar-refractivity contribution in [2.24, 2.45) is 0 Å². The molecule has 0 aliphatic rings. The lowest BCUT2D eigenvalue weighted by molar-refractivity contribution is -0.274. The highest BCUT2D eigenvalue weighted by Crippen LogP contribution is 2.28. The molecule has 0 aliphatic heterocycles. The molecule has 0 aliphatic carbocycles. The molecule has 0 bridgehead atoms. The van der Waals surface area contributed by atoms with Gasteiger partial charge in [0.1, 0.15) is 5.75 Å². The maximum atomic E-state index is 12.4. The highest BCUT2D eigenvalue weighted by atomic mass is 19.4. The number of rotatable bonds is 10. The monoisotopic (exact) mass is 423 g/mol. The molecule has 2 aromatic rings. The first-order valence-corrected chi connectivity index (χ1v) is 9.96. The molecule has 2 rings (SSSR count). The Morgan fingerprint density at radius 1 is 1.10 bits per heavy atom. The minimum absolute atomic E-state index is 0.148. The molecule has 5 nitrogen and oxygen atoms in total. The fourth-order valence-electron chi connectivity index (χ4n) is 3.02. The van der Waals surface area contributed by atoms with Crippen LogP contribution in [0.3, 0.4) is 0 Å². The number of hydrogen-bond donors (Lipinski definition) is 2. The summed E-state index contributed by atoms with van der Waals surface area (Å²) in [5.74, 6) is -0.448. The van der Waals surface area contributed by atoms with Crippen molar-refractivity contribution in [2.45, 2.75) is 33.6 Å². The summed E-state index contributed by atoms with van der Waals surface area (Å²) in [6, 6.07) is 10.8. The van der Waals surface area contributed by atoms with Crippen LogP contribution < -0.4 is 15.4 Å². The summed E-state index contributed by atoms with van der Waals surface area (Å²) in [6.07, 6.45) is -3.86. The summed E-state index contributed by atoms with van der Waals surface area (Å²) in [4.78, 5) is 14.7. The third-order valence-electron chi connectivity index (χ3n) is 4.67. The molecule has 8 heteroatoms. The van der Waals surface area contributed by atoms with Gasteiger partial charge in [0.2, 0.25) is 0 Å². The van der Waals surface area contributed by atoms with Crippen LogP contribution in [0.5, 0.6) is 5.75 Å². The number of amides is 1. The first-order valence-electron chi connectivity index (χ1n) is 9.96. The van der Waals surface area contributed by atoms with E-state index in [-0.39, 0.29) is 11.7 Å². The Hall–Kier alpha value is -2.74. The molecule has 0 radical (unpaired) electrons. The number of nitrogens with one attached hydrogen (secondary N) is 2. The van der Waals surface area contributed by atoms with Gasteiger partial charge in [-0.3, -0.25) is 4.79 Å². The molecular weight excluding hydrogens is 395 g/mol. The molecule has 0 fully saturated rings. The van der Waals surface area contributed by atoms with Crippen LogP contribution in [0.1, 0.15) is 36.2 Å². The average Bonchev–Trinajstić information content (AvgIpc) is 2.68. The van der Waals surface area contributed by atoms with Crippen LogP contribution in [-0.4, -0.2) is 43.3 Å². The van der Waals surface area contributed by atoms with Crippen LogP contribution in [0.15, 0.2) is 42.5 Å². The van der Waals surface area contributed by atoms with Gasteiger partial charge in [0.25, 0.3) is 5.91 Å². The van der Waals surface area contributed by atoms with E-state index in [4.69, 9.17) is 0 Å². The van der Waals surface area contributed by atoms with Crippen molar-refractivity contribution in [1.82, 2.24) is 10.2 Å². The molecule has 0 atom stereocenters. The van der Waals surface area contributed by atoms with Crippen molar-refractivity contribution < 1.29 is 22.7 Å². The Kier molecular flexibility index (Phi) is 8.53. The van der Waals surface area contributed by atoms with Gasteiger partial charge in [0, 0.05) is 29.5 Å². The van der Waals surface area contributed by atoms with Crippen LogP contribution in [0.4, 0.5) is 24.5 Å². The molecule has 0 heterocycles. The Balaban J connectivity index is 1.95. The highest BCUT2D eigenvalue weighted by Gasteiger charge is 2.31. The molecular formula is C22H28F3N3O2. The number of anilines is 2. The van der Waals surface area contributed by atoms with Crippen LogP contribution in [0, 0.1) is 6.92 Å². The first-order chi connectivity index (χ1) is 14.2. The summed E-state index contributed by atoms with van der Waals surface area (Å²) in [7, 11) is 0. The van der Waals surface area contributed by atoms with Gasteiger partial charge in [0.15, 0.2) is 0 Å². The van der Waals surface area contributed by atoms with Gasteiger partial charge in [0.05, 0.1) is 0 Å². The summed E-state index contributed by atoms with van der Waals surface area (Å²) in [6.45, 7) is 9.56. The molecule has 0 aromatic heterocycles. The molecule has 2 aromatic carbocycles. The van der Waals surface area contributed by atoms with Gasteiger partial charge in [-0.1, -0.05) is 19.9 Å². The zero-order chi connectivity index (χ0) is 22.1. The van der Waals surface area contributed by atoms with E-state index in [1.807, 2.05) is 6.92 Å². The second-order valence-electron chi connectivity index (χ2n) is 6.87. The number of carbonyl (C=O) groups is 1. The molecule has 0 spiro atoms. The number of nitrogens with zero attached hydrogens (tertiary/aromatic N) is 1. The number of hydrogen-bond acceptors (Lipinski definition) is 4. The zero-order valence-corrected chi connectivity index (χ0v) is 17.5. The van der Waals surface area contributed by atoms with Crippen LogP contribution >= 0.6 is 0 Å². The summed E-state index contributed by atoms with van der Waals surface area (Å²) < 4.78 is 41.1. The van der Waals surface area contributed by atoms with Gasteiger partial charge in [-0.15, -0.1) is 13.2 Å². The molecule has 164 valence electrons. The first kappa shape index (κ1) is 23.5. The fraction of sp³-hybridized carbons (Fsp3) is 0.409. The molecule has 2 N–H and O–H groups in total. The minimum atomic E-state index is -4.74. The van der Waals surface area contributed by atoms with Crippen molar-refractivity contribution in [3.8, 4) is 5.75 Å². The van der Waals surface area contributed by atoms with E-state index in [0.717, 1.165) is 31.6 Å². The number of alkyl halides is 3. The molecule has 0 unspecified atom stereocenters. The lowest BCUT2D eigenvalue weighted by atomic mass is 10.1. The average molecular weight is 423 g/mol. The topological polar surface area (TPSA) is 53.6 Å². The van der Waals surface area contributed by atoms with Crippen molar-refractivity contribution >= 4 is 17.3 Å². The van der Waals surface area contributed by atoms with Crippen LogP contribution in [0.25, 0.3) is 0 Å². The van der Waals surface area contributed by atoms with Crippen molar-refractivity contribution in [1.29, 1.82) is 0 Å². The zero-order valence-electron chi connectivity index (χ0n) is 17.5. The second-order valence-corrected chi connectivity index (χ2v) is 6.87. The smallest absolute Gasteiger partial charge is 0.406 e. The van der Waals surface area contributed by atoms with E-state index in [1.165, 1.54) is 18.2 Å². The van der Waals surface area contributed by atoms with E-state index >= 15 is 0 Å². The van der Waals surface area contributed by atoms with Crippen LogP contribution in [-0.2, 0) is 0 Å². The largest absolute Gasteiger partial charge is 0.573 e. The number of benzene rings is 2. The van der Waals surface area contributed by atoms with Gasteiger partial charge >= 0.3 is 6.36 Å². The summed E-state index contributed by atoms with van der Waals surface area (Å²) >= 11 is 0. The molecule has 1 amide bonds. The van der Waals surface area contributed by atoms with Crippen molar-refractivity contribution in [2.75, 3.05) is 31.5 Å². The minimum Gasteiger partial charge on any atom is -0.406 e. The van der Waals surface area contributed by atoms with E-state index in [2.05, 4.69) is 34.1 Å². The Labute approximate surface area is 175 Å². The van der Waals surface area contributed by atoms with Gasteiger partial charge in [-0.05, 0) is 68.9 Å². The Morgan fingerprint density at radius 2 is 1.83 bits per heavy atom. The van der Waals surface area contributed by atoms with Gasteiger partial charge < -0.3 is 20.3 Å². The number of halogens is 3. The SMILES string of the molecule is CCN(CC)CCCNC(=O)c1ccc(Nc2cccc(OC(F)(F)F)c2)c(C)c1. The lowest BCUT2D eigenvalue weighted by Gasteiger charge is -2.17. The summed E-state index contributed by atoms with van der Waals surface area (Å²) in [5, 5.41) is 5.98. The predicted molar refractivity (Wildman–Crippen MR) is 112 cm³/mol. The molecule has 30 heavy (non-hydrogen) atoms. The fourth-order valence-corrected chi connectivity index (χ4v) is 3.02. The van der Waals surface area contributed by atoms with E-state index in [0.29, 0.717) is 23.5 Å². The highest BCUT2D eigenvalue weighted by molar-refractivity contribution is 5.95.